The van der Waals surface area contributed by atoms with Crippen LogP contribution >= 0.6 is 11.6 Å². The Labute approximate surface area is 127 Å². The lowest BCUT2D eigenvalue weighted by Gasteiger charge is -2.35. The van der Waals surface area contributed by atoms with Gasteiger partial charge in [0.15, 0.2) is 0 Å². The molecule has 114 valence electrons. The predicted octanol–water partition coefficient (Wildman–Crippen LogP) is 1.99. The highest BCUT2D eigenvalue weighted by Crippen LogP contribution is 2.26. The van der Waals surface area contributed by atoms with Gasteiger partial charge in [0, 0.05) is 12.6 Å². The van der Waals surface area contributed by atoms with E-state index in [-0.39, 0.29) is 28.4 Å². The van der Waals surface area contributed by atoms with Gasteiger partial charge in [-0.15, -0.1) is 0 Å². The average molecular weight is 313 g/mol. The highest BCUT2D eigenvalue weighted by molar-refractivity contribution is 6.29. The topological polar surface area (TPSA) is 102 Å². The smallest absolute Gasteiger partial charge is 0.300 e. The molecule has 7 nitrogen and oxygen atoms in total. The van der Waals surface area contributed by atoms with Gasteiger partial charge in [0.1, 0.15) is 16.9 Å². The van der Waals surface area contributed by atoms with Crippen molar-refractivity contribution < 1.29 is 9.72 Å². The standard InChI is InChI=1S/C13H17ClN4O3/c14-12-7-10(11(8-16-12)18(20)21)13(19)17-6-2-1-3-9(17)4-5-15/h7-9H,1-6,15H2. The van der Waals surface area contributed by atoms with Crippen molar-refractivity contribution in [2.75, 3.05) is 13.1 Å². The molecule has 0 saturated carbocycles. The summed E-state index contributed by atoms with van der Waals surface area (Å²) in [5, 5.41) is 11.1. The molecule has 1 aromatic heterocycles. The van der Waals surface area contributed by atoms with Crippen LogP contribution in [0.3, 0.4) is 0 Å². The zero-order chi connectivity index (χ0) is 15.4. The molecule has 0 bridgehead atoms. The highest BCUT2D eigenvalue weighted by Gasteiger charge is 2.31. The molecule has 1 amide bonds. The maximum absolute atomic E-state index is 12.7. The summed E-state index contributed by atoms with van der Waals surface area (Å²) in [4.78, 5) is 28.5. The van der Waals surface area contributed by atoms with Crippen molar-refractivity contribution in [3.05, 3.63) is 33.1 Å². The normalized spacial score (nSPS) is 18.6. The number of rotatable bonds is 4. The van der Waals surface area contributed by atoms with E-state index in [1.165, 1.54) is 6.07 Å². The number of hydrogen-bond donors (Lipinski definition) is 1. The summed E-state index contributed by atoms with van der Waals surface area (Å²) in [6.07, 6.45) is 4.51. The fraction of sp³-hybridized carbons (Fsp3) is 0.538. The van der Waals surface area contributed by atoms with Crippen LogP contribution < -0.4 is 5.73 Å². The molecule has 1 aromatic rings. The largest absolute Gasteiger partial charge is 0.335 e. The third-order valence-corrected chi connectivity index (χ3v) is 3.87. The Morgan fingerprint density at radius 3 is 3.00 bits per heavy atom. The van der Waals surface area contributed by atoms with Gasteiger partial charge in [-0.3, -0.25) is 14.9 Å². The highest BCUT2D eigenvalue weighted by atomic mass is 35.5. The summed E-state index contributed by atoms with van der Waals surface area (Å²) in [6, 6.07) is 1.29. The molecule has 8 heteroatoms. The van der Waals surface area contributed by atoms with Crippen LogP contribution in [0.2, 0.25) is 5.15 Å². The summed E-state index contributed by atoms with van der Waals surface area (Å²) in [5.74, 6) is -0.371. The Kier molecular flexibility index (Phi) is 5.08. The van der Waals surface area contributed by atoms with E-state index in [4.69, 9.17) is 17.3 Å². The van der Waals surface area contributed by atoms with Gasteiger partial charge in [0.2, 0.25) is 0 Å². The summed E-state index contributed by atoms with van der Waals surface area (Å²) >= 11 is 5.78. The minimum absolute atomic E-state index is 0.0103. The van der Waals surface area contributed by atoms with Crippen molar-refractivity contribution in [2.45, 2.75) is 31.7 Å². The third-order valence-electron chi connectivity index (χ3n) is 3.66. The van der Waals surface area contributed by atoms with Gasteiger partial charge < -0.3 is 10.6 Å². The van der Waals surface area contributed by atoms with Crippen LogP contribution in [-0.4, -0.2) is 39.8 Å². The number of aromatic nitrogens is 1. The first-order valence-electron chi connectivity index (χ1n) is 6.85. The number of hydrogen-bond acceptors (Lipinski definition) is 5. The molecule has 1 aliphatic heterocycles. The van der Waals surface area contributed by atoms with Crippen LogP contribution in [0, 0.1) is 10.1 Å². The molecule has 1 saturated heterocycles. The minimum atomic E-state index is -0.613. The van der Waals surface area contributed by atoms with Gasteiger partial charge in [-0.25, -0.2) is 4.98 Å². The Hall–Kier alpha value is -1.73. The molecule has 2 rings (SSSR count). The quantitative estimate of drug-likeness (QED) is 0.520. The summed E-state index contributed by atoms with van der Waals surface area (Å²) in [5.41, 5.74) is 5.26. The fourth-order valence-corrected chi connectivity index (χ4v) is 2.81. The van der Waals surface area contributed by atoms with E-state index in [9.17, 15) is 14.9 Å². The molecule has 2 N–H and O–H groups in total. The zero-order valence-corrected chi connectivity index (χ0v) is 12.3. The van der Waals surface area contributed by atoms with Crippen molar-refractivity contribution in [3.8, 4) is 0 Å². The van der Waals surface area contributed by atoms with Crippen LogP contribution in [-0.2, 0) is 0 Å². The maximum atomic E-state index is 12.7. The number of nitro groups is 1. The summed E-state index contributed by atoms with van der Waals surface area (Å²) in [7, 11) is 0. The summed E-state index contributed by atoms with van der Waals surface area (Å²) in [6.45, 7) is 1.06. The monoisotopic (exact) mass is 312 g/mol. The number of carbonyl (C=O) groups excluding carboxylic acids is 1. The van der Waals surface area contributed by atoms with Crippen molar-refractivity contribution in [1.82, 2.24) is 9.88 Å². The number of nitrogens with zero attached hydrogens (tertiary/aromatic N) is 3. The van der Waals surface area contributed by atoms with E-state index < -0.39 is 4.92 Å². The molecule has 0 aromatic carbocycles. The SMILES string of the molecule is NCCC1CCCCN1C(=O)c1cc(Cl)ncc1[N+](=O)[O-]. The first kappa shape index (κ1) is 15.7. The predicted molar refractivity (Wildman–Crippen MR) is 78.2 cm³/mol. The van der Waals surface area contributed by atoms with Crippen molar-refractivity contribution in [1.29, 1.82) is 0 Å². The number of nitrogens with two attached hydrogens (primary N) is 1. The van der Waals surface area contributed by atoms with E-state index in [0.717, 1.165) is 25.5 Å². The van der Waals surface area contributed by atoms with Crippen molar-refractivity contribution >= 4 is 23.2 Å². The number of likely N-dealkylation sites (tertiary alicyclic amines) is 1. The lowest BCUT2D eigenvalue weighted by Crippen LogP contribution is -2.44. The average Bonchev–Trinajstić information content (AvgIpc) is 2.47. The molecule has 1 aliphatic rings. The molecule has 2 heterocycles. The number of halogens is 1. The Morgan fingerprint density at radius 2 is 2.33 bits per heavy atom. The molecular formula is C13H17ClN4O3. The zero-order valence-electron chi connectivity index (χ0n) is 11.5. The number of carbonyl (C=O) groups is 1. The van der Waals surface area contributed by atoms with Crippen LogP contribution in [0.4, 0.5) is 5.69 Å². The molecule has 21 heavy (non-hydrogen) atoms. The number of piperidine rings is 1. The molecule has 1 unspecified atom stereocenters. The Balaban J connectivity index is 2.33. The van der Waals surface area contributed by atoms with E-state index in [1.54, 1.807) is 4.90 Å². The number of pyridine rings is 1. The van der Waals surface area contributed by atoms with E-state index in [1.807, 2.05) is 0 Å². The lowest BCUT2D eigenvalue weighted by atomic mass is 9.98. The molecule has 1 fully saturated rings. The second kappa shape index (κ2) is 6.82. The molecule has 1 atom stereocenters. The Morgan fingerprint density at radius 1 is 1.57 bits per heavy atom. The van der Waals surface area contributed by atoms with Crippen LogP contribution in [0.25, 0.3) is 0 Å². The molecule has 0 radical (unpaired) electrons. The fourth-order valence-electron chi connectivity index (χ4n) is 2.65. The molecular weight excluding hydrogens is 296 g/mol. The lowest BCUT2D eigenvalue weighted by molar-refractivity contribution is -0.385. The van der Waals surface area contributed by atoms with Crippen molar-refractivity contribution in [2.24, 2.45) is 5.73 Å². The van der Waals surface area contributed by atoms with Gasteiger partial charge in [0.05, 0.1) is 4.92 Å². The minimum Gasteiger partial charge on any atom is -0.335 e. The van der Waals surface area contributed by atoms with E-state index in [0.29, 0.717) is 19.5 Å². The first-order chi connectivity index (χ1) is 10.0. The van der Waals surface area contributed by atoms with Gasteiger partial charge in [-0.2, -0.15) is 0 Å². The maximum Gasteiger partial charge on any atom is 0.300 e. The second-order valence-electron chi connectivity index (χ2n) is 5.01. The second-order valence-corrected chi connectivity index (χ2v) is 5.39. The van der Waals surface area contributed by atoms with Crippen LogP contribution in [0.15, 0.2) is 12.3 Å². The third kappa shape index (κ3) is 3.48. The molecule has 0 aliphatic carbocycles. The van der Waals surface area contributed by atoms with Crippen molar-refractivity contribution in [3.63, 3.8) is 0 Å². The van der Waals surface area contributed by atoms with Gasteiger partial charge in [0.25, 0.3) is 11.6 Å². The summed E-state index contributed by atoms with van der Waals surface area (Å²) < 4.78 is 0. The van der Waals surface area contributed by atoms with E-state index >= 15 is 0 Å². The van der Waals surface area contributed by atoms with Crippen LogP contribution in [0.1, 0.15) is 36.0 Å². The van der Waals surface area contributed by atoms with Crippen LogP contribution in [0.5, 0.6) is 0 Å². The van der Waals surface area contributed by atoms with E-state index in [2.05, 4.69) is 4.98 Å². The molecule has 0 spiro atoms. The number of amides is 1. The Bertz CT molecular complexity index is 550. The van der Waals surface area contributed by atoms with Gasteiger partial charge >= 0.3 is 0 Å². The van der Waals surface area contributed by atoms with Gasteiger partial charge in [-0.05, 0) is 38.3 Å². The first-order valence-corrected chi connectivity index (χ1v) is 7.23. The van der Waals surface area contributed by atoms with Gasteiger partial charge in [-0.1, -0.05) is 11.6 Å².